The Bertz CT molecular complexity index is 1970. The summed E-state index contributed by atoms with van der Waals surface area (Å²) in [5.41, 5.74) is 8.95. The standard InChI is InChI=1S/C45H46N4O4/c1-31(15-16-32-9-3-2-4-10-32)44(51)49-29-36(25-33-21-23-46-24-22-33)26-42(49)43(50)47-27-34-17-19-35(20-18-34)28-48-45(52)53-30-41-39-13-7-5-11-37(39)38-12-6-8-14-40(38)41/h2-14,17-24,31,36,41-42H,15-16,25-30H2,1H3,(H,47,50)(H,48,52)/t31-,36-,42+/m1/s1. The number of aromatic nitrogens is 1. The van der Waals surface area contributed by atoms with E-state index in [1.165, 1.54) is 27.8 Å². The fourth-order valence-electron chi connectivity index (χ4n) is 7.76. The van der Waals surface area contributed by atoms with Gasteiger partial charge in [-0.2, -0.15) is 0 Å². The van der Waals surface area contributed by atoms with E-state index >= 15 is 0 Å². The molecule has 1 saturated heterocycles. The number of nitrogens with one attached hydrogen (secondary N) is 2. The number of aryl methyl sites for hydroxylation is 1. The van der Waals surface area contributed by atoms with Gasteiger partial charge in [-0.1, -0.05) is 110 Å². The highest BCUT2D eigenvalue weighted by atomic mass is 16.5. The van der Waals surface area contributed by atoms with Crippen LogP contribution in [0.2, 0.25) is 0 Å². The van der Waals surface area contributed by atoms with E-state index < -0.39 is 12.1 Å². The summed E-state index contributed by atoms with van der Waals surface area (Å²) >= 11 is 0. The van der Waals surface area contributed by atoms with Crippen LogP contribution in [0.1, 0.15) is 59.1 Å². The molecule has 1 aromatic heterocycles. The minimum absolute atomic E-state index is 0.00687. The molecule has 3 amide bonds. The molecule has 8 nitrogen and oxygen atoms in total. The molecule has 0 saturated carbocycles. The Morgan fingerprint density at radius 2 is 1.34 bits per heavy atom. The van der Waals surface area contributed by atoms with E-state index in [1.807, 2.05) is 90.7 Å². The van der Waals surface area contributed by atoms with Gasteiger partial charge in [-0.3, -0.25) is 14.6 Å². The Morgan fingerprint density at radius 3 is 2.00 bits per heavy atom. The van der Waals surface area contributed by atoms with Crippen LogP contribution in [0.15, 0.2) is 128 Å². The third-order valence-corrected chi connectivity index (χ3v) is 10.6. The Labute approximate surface area is 311 Å². The molecule has 1 aliphatic heterocycles. The fraction of sp³-hybridized carbons (Fsp3) is 0.289. The highest BCUT2D eigenvalue weighted by Gasteiger charge is 2.40. The van der Waals surface area contributed by atoms with Crippen molar-refractivity contribution in [1.82, 2.24) is 20.5 Å². The van der Waals surface area contributed by atoms with Crippen molar-refractivity contribution < 1.29 is 19.1 Å². The Morgan fingerprint density at radius 1 is 0.736 bits per heavy atom. The first-order valence-corrected chi connectivity index (χ1v) is 18.6. The summed E-state index contributed by atoms with van der Waals surface area (Å²) in [5, 5.41) is 5.97. The first-order chi connectivity index (χ1) is 25.9. The second-order valence-corrected chi connectivity index (χ2v) is 14.3. The quantitative estimate of drug-likeness (QED) is 0.132. The molecule has 2 aliphatic rings. The van der Waals surface area contributed by atoms with Gasteiger partial charge in [0.2, 0.25) is 11.8 Å². The van der Waals surface area contributed by atoms with E-state index in [2.05, 4.69) is 52.0 Å². The van der Waals surface area contributed by atoms with Crippen LogP contribution >= 0.6 is 0 Å². The monoisotopic (exact) mass is 706 g/mol. The molecular formula is C45H46N4O4. The van der Waals surface area contributed by atoms with Gasteiger partial charge in [0.15, 0.2) is 0 Å². The van der Waals surface area contributed by atoms with Gasteiger partial charge >= 0.3 is 6.09 Å². The summed E-state index contributed by atoms with van der Waals surface area (Å²) in [4.78, 5) is 46.1. The highest BCUT2D eigenvalue weighted by Crippen LogP contribution is 2.44. The molecule has 0 radical (unpaired) electrons. The minimum atomic E-state index is -0.519. The van der Waals surface area contributed by atoms with E-state index in [4.69, 9.17) is 4.74 Å². The lowest BCUT2D eigenvalue weighted by molar-refractivity contribution is -0.141. The van der Waals surface area contributed by atoms with Crippen molar-refractivity contribution >= 4 is 17.9 Å². The molecule has 1 aliphatic carbocycles. The number of ether oxygens (including phenoxy) is 1. The van der Waals surface area contributed by atoms with Crippen molar-refractivity contribution in [1.29, 1.82) is 0 Å². The zero-order valence-corrected chi connectivity index (χ0v) is 30.1. The number of carbonyl (C=O) groups is 3. The average Bonchev–Trinajstić information content (AvgIpc) is 3.77. The number of hydrogen-bond acceptors (Lipinski definition) is 5. The predicted octanol–water partition coefficient (Wildman–Crippen LogP) is 7.47. The molecule has 2 N–H and O–H groups in total. The van der Waals surface area contributed by atoms with Gasteiger partial charge in [-0.05, 0) is 88.2 Å². The van der Waals surface area contributed by atoms with Crippen LogP contribution in [0.3, 0.4) is 0 Å². The highest BCUT2D eigenvalue weighted by molar-refractivity contribution is 5.89. The van der Waals surface area contributed by atoms with Crippen LogP contribution in [-0.4, -0.2) is 47.0 Å². The summed E-state index contributed by atoms with van der Waals surface area (Å²) in [5.74, 6) is -0.104. The largest absolute Gasteiger partial charge is 0.449 e. The molecule has 0 unspecified atom stereocenters. The molecule has 8 heteroatoms. The lowest BCUT2D eigenvalue weighted by Gasteiger charge is -2.27. The van der Waals surface area contributed by atoms with Gasteiger partial charge in [-0.15, -0.1) is 0 Å². The Kier molecular flexibility index (Phi) is 11.2. The molecule has 4 aromatic carbocycles. The van der Waals surface area contributed by atoms with Crippen molar-refractivity contribution in [3.8, 4) is 11.1 Å². The SMILES string of the molecule is C[C@H](CCc1ccccc1)C(=O)N1C[C@H](Cc2ccncc2)C[C@H]1C(=O)NCc1ccc(CNC(=O)OCC2c3ccccc3-c3ccccc32)cc1. The molecule has 53 heavy (non-hydrogen) atoms. The molecule has 0 bridgehead atoms. The van der Waals surface area contributed by atoms with Gasteiger partial charge < -0.3 is 20.3 Å². The maximum Gasteiger partial charge on any atom is 0.407 e. The van der Waals surface area contributed by atoms with Gasteiger partial charge in [0.1, 0.15) is 12.6 Å². The molecule has 3 atom stereocenters. The van der Waals surface area contributed by atoms with Crippen LogP contribution in [0.5, 0.6) is 0 Å². The third-order valence-electron chi connectivity index (χ3n) is 10.6. The second kappa shape index (κ2) is 16.7. The number of likely N-dealkylation sites (tertiary alicyclic amines) is 1. The Hall–Kier alpha value is -5.76. The fourth-order valence-corrected chi connectivity index (χ4v) is 7.76. The Balaban J connectivity index is 0.907. The summed E-state index contributed by atoms with van der Waals surface area (Å²) < 4.78 is 5.69. The number of hydrogen-bond donors (Lipinski definition) is 2. The topological polar surface area (TPSA) is 101 Å². The number of amides is 3. The number of rotatable bonds is 13. The molecule has 1 fully saturated rings. The van der Waals surface area contributed by atoms with E-state index in [0.29, 0.717) is 26.1 Å². The first kappa shape index (κ1) is 35.6. The molecule has 270 valence electrons. The number of alkyl carbamates (subject to hydrolysis) is 1. The van der Waals surface area contributed by atoms with E-state index in [9.17, 15) is 14.4 Å². The van der Waals surface area contributed by atoms with Crippen LogP contribution in [-0.2, 0) is 40.3 Å². The number of nitrogens with zero attached hydrogens (tertiary/aromatic N) is 2. The third kappa shape index (κ3) is 8.66. The maximum absolute atomic E-state index is 13.8. The van der Waals surface area contributed by atoms with Crippen molar-refractivity contribution in [2.45, 2.75) is 57.7 Å². The normalized spacial score (nSPS) is 16.7. The van der Waals surface area contributed by atoms with E-state index in [0.717, 1.165) is 36.0 Å². The number of benzene rings is 4. The lowest BCUT2D eigenvalue weighted by Crippen LogP contribution is -2.47. The maximum atomic E-state index is 13.8. The van der Waals surface area contributed by atoms with E-state index in [1.54, 1.807) is 12.4 Å². The van der Waals surface area contributed by atoms with Gasteiger partial charge in [0.25, 0.3) is 0 Å². The van der Waals surface area contributed by atoms with Gasteiger partial charge in [-0.25, -0.2) is 4.79 Å². The molecule has 0 spiro atoms. The summed E-state index contributed by atoms with van der Waals surface area (Å²) in [6.45, 7) is 3.46. The zero-order valence-electron chi connectivity index (χ0n) is 30.1. The van der Waals surface area contributed by atoms with Crippen molar-refractivity contribution in [3.05, 3.63) is 161 Å². The summed E-state index contributed by atoms with van der Waals surface area (Å²) in [7, 11) is 0. The molecular weight excluding hydrogens is 661 g/mol. The molecule has 5 aromatic rings. The zero-order chi connectivity index (χ0) is 36.6. The van der Waals surface area contributed by atoms with E-state index in [-0.39, 0.29) is 36.2 Å². The van der Waals surface area contributed by atoms with Crippen molar-refractivity contribution in [2.24, 2.45) is 11.8 Å². The molecule has 7 rings (SSSR count). The molecule has 2 heterocycles. The van der Waals surface area contributed by atoms with Crippen LogP contribution in [0.4, 0.5) is 4.79 Å². The predicted molar refractivity (Wildman–Crippen MR) is 206 cm³/mol. The summed E-state index contributed by atoms with van der Waals surface area (Å²) in [6, 6.07) is 38.0. The number of pyridine rings is 1. The van der Waals surface area contributed by atoms with Crippen LogP contribution in [0, 0.1) is 11.8 Å². The lowest BCUT2D eigenvalue weighted by atomic mass is 9.97. The van der Waals surface area contributed by atoms with Crippen LogP contribution < -0.4 is 10.6 Å². The van der Waals surface area contributed by atoms with Gasteiger partial charge in [0.05, 0.1) is 0 Å². The van der Waals surface area contributed by atoms with Crippen molar-refractivity contribution in [3.63, 3.8) is 0 Å². The van der Waals surface area contributed by atoms with Gasteiger partial charge in [0, 0.05) is 43.9 Å². The number of fused-ring (bicyclic) bond motifs is 3. The smallest absolute Gasteiger partial charge is 0.407 e. The van der Waals surface area contributed by atoms with Crippen LogP contribution in [0.25, 0.3) is 11.1 Å². The minimum Gasteiger partial charge on any atom is -0.449 e. The van der Waals surface area contributed by atoms with Crippen molar-refractivity contribution in [2.75, 3.05) is 13.2 Å². The average molecular weight is 707 g/mol. The number of carbonyl (C=O) groups excluding carboxylic acids is 3. The second-order valence-electron chi connectivity index (χ2n) is 14.3. The first-order valence-electron chi connectivity index (χ1n) is 18.6. The summed E-state index contributed by atoms with van der Waals surface area (Å²) in [6.07, 6.45) is 6.06.